The van der Waals surface area contributed by atoms with Crippen LogP contribution in [0.25, 0.3) is 0 Å². The Morgan fingerprint density at radius 1 is 1.07 bits per heavy atom. The van der Waals surface area contributed by atoms with E-state index >= 15 is 0 Å². The molecule has 0 aliphatic carbocycles. The number of rotatable bonds is 5. The van der Waals surface area contributed by atoms with E-state index in [0.29, 0.717) is 6.54 Å². The average molecular weight is 368 g/mol. The molecule has 0 spiro atoms. The van der Waals surface area contributed by atoms with Crippen LogP contribution in [0, 0.1) is 11.8 Å². The maximum absolute atomic E-state index is 12.2. The SMILES string of the molecule is C[C@@H]1C[C@@H](C)CN(Cc2ccc(CNC(=O)c3ccc(=O)n(C)n3)cc2)C1. The monoisotopic (exact) mass is 368 g/mol. The molecule has 144 valence electrons. The van der Waals surface area contributed by atoms with E-state index < -0.39 is 0 Å². The summed E-state index contributed by atoms with van der Waals surface area (Å²) in [5.41, 5.74) is 2.34. The van der Waals surface area contributed by atoms with Crippen molar-refractivity contribution < 1.29 is 4.79 Å². The third-order valence-electron chi connectivity index (χ3n) is 5.02. The number of benzene rings is 1. The van der Waals surface area contributed by atoms with Gasteiger partial charge < -0.3 is 5.32 Å². The van der Waals surface area contributed by atoms with Gasteiger partial charge in [-0.3, -0.25) is 14.5 Å². The number of carbonyl (C=O) groups is 1. The van der Waals surface area contributed by atoms with Gasteiger partial charge in [0.25, 0.3) is 11.5 Å². The first-order chi connectivity index (χ1) is 12.9. The molecule has 0 saturated carbocycles. The lowest BCUT2D eigenvalue weighted by atomic mass is 9.91. The Bertz CT molecular complexity index is 834. The maximum atomic E-state index is 12.2. The highest BCUT2D eigenvalue weighted by Crippen LogP contribution is 2.22. The second-order valence-electron chi connectivity index (χ2n) is 7.82. The summed E-state index contributed by atoms with van der Waals surface area (Å²) >= 11 is 0. The highest BCUT2D eigenvalue weighted by atomic mass is 16.2. The van der Waals surface area contributed by atoms with Crippen LogP contribution in [0.15, 0.2) is 41.2 Å². The molecule has 1 aromatic carbocycles. The average Bonchev–Trinajstić information content (AvgIpc) is 2.62. The fourth-order valence-corrected chi connectivity index (χ4v) is 3.84. The number of nitrogens with one attached hydrogen (secondary N) is 1. The minimum absolute atomic E-state index is 0.236. The van der Waals surface area contributed by atoms with E-state index in [2.05, 4.69) is 53.4 Å². The number of nitrogens with zero attached hydrogens (tertiary/aromatic N) is 3. The van der Waals surface area contributed by atoms with Crippen molar-refractivity contribution in [1.29, 1.82) is 0 Å². The van der Waals surface area contributed by atoms with Crippen LogP contribution in [0.1, 0.15) is 41.9 Å². The van der Waals surface area contributed by atoms with Crippen LogP contribution >= 0.6 is 0 Å². The number of aromatic nitrogens is 2. The van der Waals surface area contributed by atoms with Crippen molar-refractivity contribution in [3.63, 3.8) is 0 Å². The Morgan fingerprint density at radius 2 is 1.70 bits per heavy atom. The van der Waals surface area contributed by atoms with E-state index in [1.54, 1.807) is 0 Å². The molecule has 1 aliphatic rings. The number of hydrogen-bond acceptors (Lipinski definition) is 4. The van der Waals surface area contributed by atoms with Crippen LogP contribution in [0.2, 0.25) is 0 Å². The lowest BCUT2D eigenvalue weighted by molar-refractivity contribution is 0.0943. The van der Waals surface area contributed by atoms with Gasteiger partial charge in [-0.15, -0.1) is 0 Å². The van der Waals surface area contributed by atoms with Gasteiger partial charge in [-0.25, -0.2) is 4.68 Å². The third kappa shape index (κ3) is 5.26. The zero-order valence-electron chi connectivity index (χ0n) is 16.3. The Kier molecular flexibility index (Phi) is 6.06. The minimum atomic E-state index is -0.286. The molecule has 1 N–H and O–H groups in total. The first-order valence-corrected chi connectivity index (χ1v) is 9.53. The van der Waals surface area contributed by atoms with Gasteiger partial charge in [0, 0.05) is 39.3 Å². The number of amides is 1. The van der Waals surface area contributed by atoms with Crippen LogP contribution in [0.5, 0.6) is 0 Å². The highest BCUT2D eigenvalue weighted by Gasteiger charge is 2.21. The standard InChI is InChI=1S/C21H28N4O2/c1-15-10-16(2)13-25(12-15)14-18-6-4-17(5-7-18)11-22-21(27)19-8-9-20(26)24(3)23-19/h4-9,15-16H,10-14H2,1-3H3,(H,22,27)/t15-,16-/m1/s1. The van der Waals surface area contributed by atoms with Gasteiger partial charge in [-0.05, 0) is 35.4 Å². The molecule has 3 rings (SSSR count). The number of hydrogen-bond donors (Lipinski definition) is 1. The molecular weight excluding hydrogens is 340 g/mol. The van der Waals surface area contributed by atoms with Gasteiger partial charge in [-0.2, -0.15) is 5.10 Å². The summed E-state index contributed by atoms with van der Waals surface area (Å²) in [5, 5.41) is 6.81. The summed E-state index contributed by atoms with van der Waals surface area (Å²) in [4.78, 5) is 26.1. The zero-order chi connectivity index (χ0) is 19.4. The minimum Gasteiger partial charge on any atom is -0.347 e. The first kappa shape index (κ1) is 19.3. The molecule has 2 atom stereocenters. The van der Waals surface area contributed by atoms with Crippen molar-refractivity contribution in [2.24, 2.45) is 18.9 Å². The number of aryl methyl sites for hydroxylation is 1. The van der Waals surface area contributed by atoms with E-state index in [-0.39, 0.29) is 17.2 Å². The molecule has 2 aromatic rings. The first-order valence-electron chi connectivity index (χ1n) is 9.53. The molecule has 6 heteroatoms. The summed E-state index contributed by atoms with van der Waals surface area (Å²) in [7, 11) is 1.53. The Morgan fingerprint density at radius 3 is 2.33 bits per heavy atom. The lowest BCUT2D eigenvalue weighted by Gasteiger charge is -2.35. The summed E-state index contributed by atoms with van der Waals surface area (Å²) in [6, 6.07) is 11.2. The van der Waals surface area contributed by atoms with Crippen LogP contribution < -0.4 is 10.9 Å². The fraction of sp³-hybridized carbons (Fsp3) is 0.476. The van der Waals surface area contributed by atoms with E-state index in [1.807, 2.05) is 0 Å². The lowest BCUT2D eigenvalue weighted by Crippen LogP contribution is -2.38. The van der Waals surface area contributed by atoms with Gasteiger partial charge in [0.2, 0.25) is 0 Å². The van der Waals surface area contributed by atoms with Gasteiger partial charge in [0.05, 0.1) is 0 Å². The Labute approximate surface area is 160 Å². The van der Waals surface area contributed by atoms with Gasteiger partial charge in [-0.1, -0.05) is 38.1 Å². The van der Waals surface area contributed by atoms with E-state index in [1.165, 1.54) is 31.2 Å². The molecular formula is C21H28N4O2. The third-order valence-corrected chi connectivity index (χ3v) is 5.02. The quantitative estimate of drug-likeness (QED) is 0.878. The molecule has 1 aliphatic heterocycles. The predicted octanol–water partition coefficient (Wildman–Crippen LogP) is 2.19. The van der Waals surface area contributed by atoms with Crippen LogP contribution in [-0.4, -0.2) is 33.7 Å². The highest BCUT2D eigenvalue weighted by molar-refractivity contribution is 5.91. The van der Waals surface area contributed by atoms with Crippen molar-refractivity contribution in [2.45, 2.75) is 33.4 Å². The molecule has 27 heavy (non-hydrogen) atoms. The molecule has 1 amide bonds. The number of piperidine rings is 1. The molecule has 1 saturated heterocycles. The molecule has 1 fully saturated rings. The van der Waals surface area contributed by atoms with Crippen molar-refractivity contribution in [2.75, 3.05) is 13.1 Å². The van der Waals surface area contributed by atoms with Crippen molar-refractivity contribution in [3.05, 3.63) is 63.6 Å². The normalized spacial score (nSPS) is 20.4. The van der Waals surface area contributed by atoms with Gasteiger partial charge >= 0.3 is 0 Å². The zero-order valence-corrected chi connectivity index (χ0v) is 16.3. The van der Waals surface area contributed by atoms with Crippen LogP contribution in [-0.2, 0) is 20.1 Å². The molecule has 1 aromatic heterocycles. The smallest absolute Gasteiger partial charge is 0.271 e. The van der Waals surface area contributed by atoms with Gasteiger partial charge in [0.15, 0.2) is 0 Å². The Hall–Kier alpha value is -2.47. The maximum Gasteiger partial charge on any atom is 0.271 e. The number of carbonyl (C=O) groups excluding carboxylic acids is 1. The fourth-order valence-electron chi connectivity index (χ4n) is 3.84. The van der Waals surface area contributed by atoms with Crippen LogP contribution in [0.4, 0.5) is 0 Å². The Balaban J connectivity index is 1.53. The summed E-state index contributed by atoms with van der Waals surface area (Å²) in [5.74, 6) is 1.23. The van der Waals surface area contributed by atoms with Crippen molar-refractivity contribution >= 4 is 5.91 Å². The number of likely N-dealkylation sites (tertiary alicyclic amines) is 1. The molecule has 2 heterocycles. The van der Waals surface area contributed by atoms with Crippen molar-refractivity contribution in [3.8, 4) is 0 Å². The van der Waals surface area contributed by atoms with E-state index in [0.717, 1.165) is 41.7 Å². The van der Waals surface area contributed by atoms with Crippen LogP contribution in [0.3, 0.4) is 0 Å². The van der Waals surface area contributed by atoms with Gasteiger partial charge in [0.1, 0.15) is 5.69 Å². The molecule has 0 bridgehead atoms. The van der Waals surface area contributed by atoms with Crippen molar-refractivity contribution in [1.82, 2.24) is 20.0 Å². The summed E-state index contributed by atoms with van der Waals surface area (Å²) in [6.45, 7) is 8.38. The molecule has 0 unspecified atom stereocenters. The summed E-state index contributed by atoms with van der Waals surface area (Å²) in [6.07, 6.45) is 1.32. The van der Waals surface area contributed by atoms with E-state index in [9.17, 15) is 9.59 Å². The summed E-state index contributed by atoms with van der Waals surface area (Å²) < 4.78 is 1.16. The molecule has 6 nitrogen and oxygen atoms in total. The van der Waals surface area contributed by atoms with E-state index in [4.69, 9.17) is 0 Å². The molecule has 0 radical (unpaired) electrons. The predicted molar refractivity (Wildman–Crippen MR) is 105 cm³/mol. The topological polar surface area (TPSA) is 67.2 Å². The largest absolute Gasteiger partial charge is 0.347 e. The second kappa shape index (κ2) is 8.48. The second-order valence-corrected chi connectivity index (χ2v) is 7.82.